The SMILES string of the molecule is CCCN(Cc1ccc(C(=O)O)cc1Br)CC(F)(F)F. The van der Waals surface area contributed by atoms with Gasteiger partial charge in [-0.3, -0.25) is 4.90 Å². The summed E-state index contributed by atoms with van der Waals surface area (Å²) in [7, 11) is 0. The molecule has 0 aliphatic rings. The Hall–Kier alpha value is -1.08. The van der Waals surface area contributed by atoms with Crippen molar-refractivity contribution in [3.8, 4) is 0 Å². The average Bonchev–Trinajstić information content (AvgIpc) is 2.29. The number of rotatable bonds is 6. The number of halogens is 4. The number of aromatic carboxylic acids is 1. The molecule has 7 heteroatoms. The highest BCUT2D eigenvalue weighted by Crippen LogP contribution is 2.23. The van der Waals surface area contributed by atoms with E-state index >= 15 is 0 Å². The van der Waals surface area contributed by atoms with Crippen molar-refractivity contribution in [1.82, 2.24) is 4.90 Å². The van der Waals surface area contributed by atoms with E-state index in [2.05, 4.69) is 15.9 Å². The maximum atomic E-state index is 12.5. The molecule has 0 aliphatic carbocycles. The first-order valence-corrected chi connectivity index (χ1v) is 6.83. The lowest BCUT2D eigenvalue weighted by atomic mass is 10.1. The molecule has 0 spiro atoms. The molecular weight excluding hydrogens is 339 g/mol. The van der Waals surface area contributed by atoms with Crippen LogP contribution in [0.1, 0.15) is 29.3 Å². The highest BCUT2D eigenvalue weighted by atomic mass is 79.9. The topological polar surface area (TPSA) is 40.5 Å². The highest BCUT2D eigenvalue weighted by molar-refractivity contribution is 9.10. The largest absolute Gasteiger partial charge is 0.478 e. The van der Waals surface area contributed by atoms with Crippen LogP contribution in [0.3, 0.4) is 0 Å². The van der Waals surface area contributed by atoms with Crippen LogP contribution in [0.2, 0.25) is 0 Å². The van der Waals surface area contributed by atoms with Gasteiger partial charge in [-0.15, -0.1) is 0 Å². The zero-order chi connectivity index (χ0) is 15.3. The molecule has 0 saturated carbocycles. The van der Waals surface area contributed by atoms with Crippen LogP contribution in [0, 0.1) is 0 Å². The van der Waals surface area contributed by atoms with Gasteiger partial charge in [0.25, 0.3) is 0 Å². The van der Waals surface area contributed by atoms with Crippen molar-refractivity contribution >= 4 is 21.9 Å². The molecule has 0 aliphatic heterocycles. The molecule has 1 aromatic rings. The monoisotopic (exact) mass is 353 g/mol. The number of carbonyl (C=O) groups is 1. The Balaban J connectivity index is 2.85. The van der Waals surface area contributed by atoms with Gasteiger partial charge in [0.15, 0.2) is 0 Å². The zero-order valence-electron chi connectivity index (χ0n) is 10.9. The number of carboxylic acids is 1. The van der Waals surface area contributed by atoms with E-state index in [1.807, 2.05) is 6.92 Å². The third-order valence-electron chi connectivity index (χ3n) is 2.64. The fourth-order valence-electron chi connectivity index (χ4n) is 1.83. The third-order valence-corrected chi connectivity index (χ3v) is 3.37. The zero-order valence-corrected chi connectivity index (χ0v) is 12.5. The van der Waals surface area contributed by atoms with Crippen molar-refractivity contribution in [2.75, 3.05) is 13.1 Å². The molecule has 1 N–H and O–H groups in total. The van der Waals surface area contributed by atoms with Gasteiger partial charge in [0.1, 0.15) is 0 Å². The molecule has 1 rings (SSSR count). The minimum atomic E-state index is -4.25. The fraction of sp³-hybridized carbons (Fsp3) is 0.462. The predicted octanol–water partition coefficient (Wildman–Crippen LogP) is 3.92. The van der Waals surface area contributed by atoms with Crippen LogP contribution in [-0.2, 0) is 6.54 Å². The van der Waals surface area contributed by atoms with Gasteiger partial charge < -0.3 is 5.11 Å². The van der Waals surface area contributed by atoms with Crippen LogP contribution in [0.25, 0.3) is 0 Å². The van der Waals surface area contributed by atoms with Crippen molar-refractivity contribution in [3.05, 3.63) is 33.8 Å². The van der Waals surface area contributed by atoms with E-state index in [1.54, 1.807) is 0 Å². The lowest BCUT2D eigenvalue weighted by Crippen LogP contribution is -2.34. The first kappa shape index (κ1) is 17.0. The van der Waals surface area contributed by atoms with E-state index in [-0.39, 0.29) is 12.1 Å². The second-order valence-corrected chi connectivity index (χ2v) is 5.29. The Labute approximate surface area is 123 Å². The lowest BCUT2D eigenvalue weighted by Gasteiger charge is -2.23. The van der Waals surface area contributed by atoms with Gasteiger partial charge in [-0.2, -0.15) is 13.2 Å². The van der Waals surface area contributed by atoms with E-state index in [4.69, 9.17) is 5.11 Å². The first-order chi connectivity index (χ1) is 9.23. The Bertz CT molecular complexity index is 477. The summed E-state index contributed by atoms with van der Waals surface area (Å²) in [6.45, 7) is 1.28. The van der Waals surface area contributed by atoms with Crippen LogP contribution in [0.15, 0.2) is 22.7 Å². The molecule has 0 unspecified atom stereocenters. The summed E-state index contributed by atoms with van der Waals surface area (Å²) in [5, 5.41) is 8.84. The van der Waals surface area contributed by atoms with Crippen molar-refractivity contribution < 1.29 is 23.1 Å². The second-order valence-electron chi connectivity index (χ2n) is 4.44. The molecule has 112 valence electrons. The van der Waals surface area contributed by atoms with E-state index in [9.17, 15) is 18.0 Å². The smallest absolute Gasteiger partial charge is 0.401 e. The summed E-state index contributed by atoms with van der Waals surface area (Å²) in [5.74, 6) is -1.07. The molecule has 0 amide bonds. The normalized spacial score (nSPS) is 11.9. The number of benzene rings is 1. The Kier molecular flexibility index (Phi) is 6.01. The van der Waals surface area contributed by atoms with E-state index in [1.165, 1.54) is 23.1 Å². The van der Waals surface area contributed by atoms with Gasteiger partial charge in [0.05, 0.1) is 12.1 Å². The molecule has 3 nitrogen and oxygen atoms in total. The Morgan fingerprint density at radius 1 is 1.40 bits per heavy atom. The van der Waals surface area contributed by atoms with Crippen molar-refractivity contribution in [2.45, 2.75) is 26.1 Å². The van der Waals surface area contributed by atoms with E-state index in [0.29, 0.717) is 23.0 Å². The highest BCUT2D eigenvalue weighted by Gasteiger charge is 2.30. The maximum absolute atomic E-state index is 12.5. The molecule has 0 atom stereocenters. The van der Waals surface area contributed by atoms with E-state index in [0.717, 1.165) is 0 Å². The molecule has 0 aromatic heterocycles. The molecule has 0 radical (unpaired) electrons. The Morgan fingerprint density at radius 2 is 2.05 bits per heavy atom. The summed E-state index contributed by atoms with van der Waals surface area (Å²) in [5.41, 5.74) is 0.728. The molecule has 20 heavy (non-hydrogen) atoms. The summed E-state index contributed by atoms with van der Waals surface area (Å²) in [6, 6.07) is 4.32. The molecule has 0 bridgehead atoms. The molecule has 0 saturated heterocycles. The van der Waals surface area contributed by atoms with Gasteiger partial charge in [0.2, 0.25) is 0 Å². The number of nitrogens with zero attached hydrogens (tertiary/aromatic N) is 1. The molecule has 0 heterocycles. The lowest BCUT2D eigenvalue weighted by molar-refractivity contribution is -0.147. The van der Waals surface area contributed by atoms with Gasteiger partial charge in [-0.1, -0.05) is 28.9 Å². The average molecular weight is 354 g/mol. The number of hydrogen-bond donors (Lipinski definition) is 1. The third kappa shape index (κ3) is 5.50. The van der Waals surface area contributed by atoms with Crippen LogP contribution < -0.4 is 0 Å². The Morgan fingerprint density at radius 3 is 2.50 bits per heavy atom. The summed E-state index contributed by atoms with van der Waals surface area (Å²) in [6.07, 6.45) is -3.64. The minimum absolute atomic E-state index is 0.0958. The van der Waals surface area contributed by atoms with Crippen molar-refractivity contribution in [1.29, 1.82) is 0 Å². The van der Waals surface area contributed by atoms with Crippen molar-refractivity contribution in [3.63, 3.8) is 0 Å². The minimum Gasteiger partial charge on any atom is -0.478 e. The van der Waals surface area contributed by atoms with Gasteiger partial charge in [-0.25, -0.2) is 4.79 Å². The quantitative estimate of drug-likeness (QED) is 0.842. The second kappa shape index (κ2) is 7.08. The first-order valence-electron chi connectivity index (χ1n) is 6.03. The summed E-state index contributed by atoms with van der Waals surface area (Å²) in [4.78, 5) is 12.1. The van der Waals surface area contributed by atoms with Gasteiger partial charge >= 0.3 is 12.1 Å². The van der Waals surface area contributed by atoms with Crippen molar-refractivity contribution in [2.24, 2.45) is 0 Å². The van der Waals surface area contributed by atoms with Crippen LogP contribution in [-0.4, -0.2) is 35.2 Å². The molecule has 0 fully saturated rings. The van der Waals surface area contributed by atoms with Crippen LogP contribution in [0.5, 0.6) is 0 Å². The predicted molar refractivity (Wildman–Crippen MR) is 72.7 cm³/mol. The number of hydrogen-bond acceptors (Lipinski definition) is 2. The van der Waals surface area contributed by atoms with Crippen LogP contribution in [0.4, 0.5) is 13.2 Å². The van der Waals surface area contributed by atoms with Gasteiger partial charge in [0, 0.05) is 11.0 Å². The maximum Gasteiger partial charge on any atom is 0.401 e. The number of carboxylic acid groups (broad SMARTS) is 1. The fourth-order valence-corrected chi connectivity index (χ4v) is 2.34. The molecular formula is C13H15BrF3NO2. The summed E-state index contributed by atoms with van der Waals surface area (Å²) < 4.78 is 37.9. The van der Waals surface area contributed by atoms with E-state index < -0.39 is 18.7 Å². The van der Waals surface area contributed by atoms with Crippen LogP contribution >= 0.6 is 15.9 Å². The molecule has 1 aromatic carbocycles. The standard InChI is InChI=1S/C13H15BrF3NO2/c1-2-5-18(8-13(15,16)17)7-10-4-3-9(12(19)20)6-11(10)14/h3-4,6H,2,5,7-8H2,1H3,(H,19,20). The number of alkyl halides is 3. The summed E-state index contributed by atoms with van der Waals surface area (Å²) >= 11 is 3.20. The van der Waals surface area contributed by atoms with Gasteiger partial charge in [-0.05, 0) is 30.7 Å².